The summed E-state index contributed by atoms with van der Waals surface area (Å²) in [7, 11) is 1.63. The molecule has 3 heterocycles. The van der Waals surface area contributed by atoms with Gasteiger partial charge in [-0.2, -0.15) is 5.10 Å². The van der Waals surface area contributed by atoms with E-state index in [4.69, 9.17) is 30.0 Å². The molecule has 10 heteroatoms. The van der Waals surface area contributed by atoms with E-state index in [9.17, 15) is 9.90 Å². The Balaban J connectivity index is 1.40. The molecule has 0 radical (unpaired) electrons. The summed E-state index contributed by atoms with van der Waals surface area (Å²) >= 11 is 0. The Hall–Kier alpha value is -2.82. The van der Waals surface area contributed by atoms with Gasteiger partial charge in [0.2, 0.25) is 5.88 Å². The third-order valence-corrected chi connectivity index (χ3v) is 17.0. The first kappa shape index (κ1) is 39.4. The number of rotatable bonds is 10. The number of nitrogens with zero attached hydrogens (tertiary/aromatic N) is 4. The molecule has 0 unspecified atom stereocenters. The molecule has 2 aromatic heterocycles. The number of aromatic nitrogens is 4. The summed E-state index contributed by atoms with van der Waals surface area (Å²) in [6.45, 7) is 24.3. The Kier molecular flexibility index (Phi) is 9.78. The van der Waals surface area contributed by atoms with Crippen LogP contribution >= 0.6 is 0 Å². The summed E-state index contributed by atoms with van der Waals surface area (Å²) in [4.78, 5) is 22.8. The first-order chi connectivity index (χ1) is 25.3. The van der Waals surface area contributed by atoms with Gasteiger partial charge in [-0.15, -0.1) is 0 Å². The van der Waals surface area contributed by atoms with E-state index in [1.165, 1.54) is 5.57 Å². The van der Waals surface area contributed by atoms with Gasteiger partial charge in [-0.05, 0) is 103 Å². The largest absolute Gasteiger partial charge is 0.481 e. The topological polar surface area (TPSA) is 135 Å². The third-order valence-electron chi connectivity index (χ3n) is 17.0. The molecule has 2 aromatic rings. The minimum atomic E-state index is -0.642. The van der Waals surface area contributed by atoms with E-state index in [0.29, 0.717) is 37.5 Å². The van der Waals surface area contributed by atoms with Gasteiger partial charge in [-0.25, -0.2) is 14.6 Å². The lowest BCUT2D eigenvalue weighted by molar-refractivity contribution is -0.254. The van der Waals surface area contributed by atoms with E-state index in [-0.39, 0.29) is 46.1 Å². The second kappa shape index (κ2) is 13.4. The maximum absolute atomic E-state index is 13.7. The van der Waals surface area contributed by atoms with E-state index >= 15 is 0 Å². The van der Waals surface area contributed by atoms with Crippen molar-refractivity contribution in [1.29, 1.82) is 0 Å². The highest BCUT2D eigenvalue weighted by Gasteiger charge is 2.72. The van der Waals surface area contributed by atoms with Gasteiger partial charge in [0.15, 0.2) is 5.82 Å². The van der Waals surface area contributed by atoms with Crippen molar-refractivity contribution in [3.8, 4) is 17.3 Å². The number of hydrogen-bond acceptors (Lipinski definition) is 8. The van der Waals surface area contributed by atoms with Gasteiger partial charge < -0.3 is 25.1 Å². The van der Waals surface area contributed by atoms with Crippen molar-refractivity contribution < 1.29 is 24.1 Å². The number of allylic oxidation sites excluding steroid dienone is 1. The standard InChI is InChI=1S/C44H67N5O5/c1-26(2)28(5)40(7)17-18-41(8)30-12-13-33-39(6)21-32(49-37(47-25-48-49)29-15-19-46-34(20-29)52-11)36(54-23-43(10,45)27(3)4)44(33,24-53-22-39)31(30)14-16-42(41,9)35(40)38(50)51/h14-15,19-20,25-28,30,32-33,35-36H,12-13,16-18,21-24,45H2,1-11H3,(H,50,51)/t28-,30+,32-,33-,35-,36+,39-,40-,41-,42+,43+,44+/m1/s1. The zero-order valence-corrected chi connectivity index (χ0v) is 34.8. The highest BCUT2D eigenvalue weighted by molar-refractivity contribution is 5.73. The van der Waals surface area contributed by atoms with Crippen molar-refractivity contribution in [3.63, 3.8) is 0 Å². The van der Waals surface area contributed by atoms with E-state index in [0.717, 1.165) is 49.9 Å². The molecule has 4 fully saturated rings. The lowest BCUT2D eigenvalue weighted by atomic mass is 9.34. The lowest BCUT2D eigenvalue weighted by Gasteiger charge is -2.71. The van der Waals surface area contributed by atoms with Crippen LogP contribution < -0.4 is 10.5 Å². The molecular formula is C44H67N5O5. The predicted molar refractivity (Wildman–Crippen MR) is 210 cm³/mol. The Morgan fingerprint density at radius 1 is 1.09 bits per heavy atom. The normalized spacial score (nSPS) is 40.6. The SMILES string of the molecule is COc1cc(-c2ncnn2[C@@H]2C[C@]3(C)COC[C@@]4(C5=CC[C@@]6(C)[C@H](C(=O)O)[C@@](C)([C@H](C)C(C)C)CC[C@]6(C)[C@H]5CC[C@H]34)[C@H]2OC[C@](C)(N)C(C)C)ccn1. The second-order valence-corrected chi connectivity index (χ2v) is 20.2. The molecule has 3 N–H and O–H groups in total. The first-order valence-electron chi connectivity index (χ1n) is 20.6. The molecule has 0 spiro atoms. The van der Waals surface area contributed by atoms with Crippen LogP contribution in [0.2, 0.25) is 0 Å². The molecule has 54 heavy (non-hydrogen) atoms. The minimum Gasteiger partial charge on any atom is -0.481 e. The molecule has 298 valence electrons. The van der Waals surface area contributed by atoms with Gasteiger partial charge in [0, 0.05) is 28.8 Å². The quantitative estimate of drug-likeness (QED) is 0.231. The number of hydrogen-bond donors (Lipinski definition) is 2. The summed E-state index contributed by atoms with van der Waals surface area (Å²) in [5.41, 5.74) is 7.26. The van der Waals surface area contributed by atoms with Crippen molar-refractivity contribution in [2.75, 3.05) is 26.9 Å². The molecule has 4 aliphatic carbocycles. The molecule has 7 rings (SSSR count). The average Bonchev–Trinajstić information content (AvgIpc) is 3.61. The van der Waals surface area contributed by atoms with Crippen LogP contribution in [0, 0.1) is 62.6 Å². The highest BCUT2D eigenvalue weighted by atomic mass is 16.5. The van der Waals surface area contributed by atoms with Gasteiger partial charge in [-0.3, -0.25) is 4.79 Å². The van der Waals surface area contributed by atoms with Crippen LogP contribution in [0.25, 0.3) is 11.4 Å². The predicted octanol–water partition coefficient (Wildman–Crippen LogP) is 8.24. The maximum Gasteiger partial charge on any atom is 0.307 e. The Morgan fingerprint density at radius 3 is 2.50 bits per heavy atom. The summed E-state index contributed by atoms with van der Waals surface area (Å²) in [6, 6.07) is 3.73. The zero-order valence-electron chi connectivity index (χ0n) is 34.8. The van der Waals surface area contributed by atoms with Crippen LogP contribution in [0.3, 0.4) is 0 Å². The molecule has 2 bridgehead atoms. The van der Waals surface area contributed by atoms with Crippen molar-refractivity contribution in [2.45, 2.75) is 125 Å². The van der Waals surface area contributed by atoms with Crippen LogP contribution in [0.1, 0.15) is 114 Å². The fraction of sp³-hybridized carbons (Fsp3) is 0.773. The third kappa shape index (κ3) is 5.57. The number of fused-ring (bicyclic) bond motifs is 3. The highest BCUT2D eigenvalue weighted by Crippen LogP contribution is 2.75. The first-order valence-corrected chi connectivity index (χ1v) is 20.6. The Bertz CT molecular complexity index is 1770. The van der Waals surface area contributed by atoms with E-state index in [1.54, 1.807) is 19.6 Å². The van der Waals surface area contributed by atoms with Gasteiger partial charge in [0.25, 0.3) is 0 Å². The van der Waals surface area contributed by atoms with E-state index in [1.807, 2.05) is 12.1 Å². The molecule has 10 nitrogen and oxygen atoms in total. The number of pyridine rings is 1. The molecule has 1 saturated heterocycles. The minimum absolute atomic E-state index is 0.138. The number of methoxy groups -OCH3 is 1. The van der Waals surface area contributed by atoms with Crippen molar-refractivity contribution in [2.24, 2.45) is 68.3 Å². The molecule has 0 amide bonds. The van der Waals surface area contributed by atoms with Crippen LogP contribution in [-0.2, 0) is 14.3 Å². The van der Waals surface area contributed by atoms with Crippen LogP contribution in [0.5, 0.6) is 5.88 Å². The number of nitrogens with two attached hydrogens (primary N) is 1. The lowest BCUT2D eigenvalue weighted by Crippen LogP contribution is -2.70. The molecule has 0 aromatic carbocycles. The smallest absolute Gasteiger partial charge is 0.307 e. The summed E-state index contributed by atoms with van der Waals surface area (Å²) in [5.74, 6) is 1.61. The number of carboxylic acids is 1. The number of aliphatic carboxylic acids is 1. The number of carbonyl (C=O) groups is 1. The summed E-state index contributed by atoms with van der Waals surface area (Å²) < 4.78 is 21.8. The number of ether oxygens (including phenoxy) is 3. The van der Waals surface area contributed by atoms with Gasteiger partial charge >= 0.3 is 5.97 Å². The van der Waals surface area contributed by atoms with E-state index in [2.05, 4.69) is 85.0 Å². The van der Waals surface area contributed by atoms with Gasteiger partial charge in [0.05, 0.1) is 45.0 Å². The van der Waals surface area contributed by atoms with E-state index < -0.39 is 28.3 Å². The summed E-state index contributed by atoms with van der Waals surface area (Å²) in [6.07, 6.45) is 11.2. The monoisotopic (exact) mass is 746 g/mol. The summed E-state index contributed by atoms with van der Waals surface area (Å²) in [5, 5.41) is 16.2. The van der Waals surface area contributed by atoms with Crippen molar-refractivity contribution in [3.05, 3.63) is 36.3 Å². The number of carboxylic acid groups (broad SMARTS) is 1. The Morgan fingerprint density at radius 2 is 1.83 bits per heavy atom. The molecule has 3 saturated carbocycles. The maximum atomic E-state index is 13.7. The molecule has 5 aliphatic rings. The van der Waals surface area contributed by atoms with Gasteiger partial charge in [-0.1, -0.05) is 74.0 Å². The average molecular weight is 746 g/mol. The molecule has 1 aliphatic heterocycles. The molecular weight excluding hydrogens is 679 g/mol. The second-order valence-electron chi connectivity index (χ2n) is 20.2. The fourth-order valence-corrected chi connectivity index (χ4v) is 12.9. The van der Waals surface area contributed by atoms with Crippen LogP contribution in [-0.4, -0.2) is 69.4 Å². The van der Waals surface area contributed by atoms with Crippen LogP contribution in [0.4, 0.5) is 0 Å². The Labute approximate surface area is 323 Å². The zero-order chi connectivity index (χ0) is 39.2. The van der Waals surface area contributed by atoms with Gasteiger partial charge in [0.1, 0.15) is 6.33 Å². The van der Waals surface area contributed by atoms with Crippen molar-refractivity contribution in [1.82, 2.24) is 19.7 Å². The van der Waals surface area contributed by atoms with Crippen molar-refractivity contribution >= 4 is 5.97 Å². The van der Waals surface area contributed by atoms with Crippen LogP contribution in [0.15, 0.2) is 36.3 Å². The molecule has 12 atom stereocenters. The fourth-order valence-electron chi connectivity index (χ4n) is 12.9.